The molecule has 5 heteroatoms. The first-order valence-electron chi connectivity index (χ1n) is 11.9. The van der Waals surface area contributed by atoms with Crippen molar-refractivity contribution in [3.63, 3.8) is 0 Å². The SMILES string of the molecule is CCC[C@H](C[C@H](/C=C/CCCCOc1ccc(OC)cc1)OC(C)=O)OCc1ccccc1. The highest BCUT2D eigenvalue weighted by Gasteiger charge is 2.17. The summed E-state index contributed by atoms with van der Waals surface area (Å²) in [6, 6.07) is 17.8. The second-order valence-corrected chi connectivity index (χ2v) is 8.04. The molecule has 2 rings (SSSR count). The molecule has 0 aliphatic carbocycles. The first-order chi connectivity index (χ1) is 16.1. The van der Waals surface area contributed by atoms with E-state index in [-0.39, 0.29) is 18.2 Å². The van der Waals surface area contributed by atoms with Crippen molar-refractivity contribution in [1.82, 2.24) is 0 Å². The van der Waals surface area contributed by atoms with Gasteiger partial charge in [-0.15, -0.1) is 0 Å². The number of benzene rings is 2. The van der Waals surface area contributed by atoms with Gasteiger partial charge in [0.15, 0.2) is 0 Å². The average molecular weight is 455 g/mol. The van der Waals surface area contributed by atoms with Gasteiger partial charge in [0.25, 0.3) is 0 Å². The predicted octanol–water partition coefficient (Wildman–Crippen LogP) is 6.51. The van der Waals surface area contributed by atoms with E-state index in [1.165, 1.54) is 6.92 Å². The minimum Gasteiger partial charge on any atom is -0.497 e. The summed E-state index contributed by atoms with van der Waals surface area (Å²) in [7, 11) is 1.65. The molecule has 33 heavy (non-hydrogen) atoms. The third-order valence-electron chi connectivity index (χ3n) is 5.20. The molecular weight excluding hydrogens is 416 g/mol. The number of esters is 1. The predicted molar refractivity (Wildman–Crippen MR) is 132 cm³/mol. The summed E-state index contributed by atoms with van der Waals surface area (Å²) in [6.45, 7) is 4.83. The number of methoxy groups -OCH3 is 1. The van der Waals surface area contributed by atoms with Crippen LogP contribution in [0.4, 0.5) is 0 Å². The number of hydrogen-bond donors (Lipinski definition) is 0. The van der Waals surface area contributed by atoms with Crippen molar-refractivity contribution in [2.75, 3.05) is 13.7 Å². The number of allylic oxidation sites excluding steroid dienone is 1. The second kappa shape index (κ2) is 15.9. The second-order valence-electron chi connectivity index (χ2n) is 8.04. The zero-order valence-electron chi connectivity index (χ0n) is 20.2. The van der Waals surface area contributed by atoms with Crippen LogP contribution in [-0.2, 0) is 20.9 Å². The lowest BCUT2D eigenvalue weighted by molar-refractivity contribution is -0.145. The summed E-state index contributed by atoms with van der Waals surface area (Å²) in [6.07, 6.45) is 9.35. The number of carbonyl (C=O) groups excluding carboxylic acids is 1. The molecule has 0 fully saturated rings. The topological polar surface area (TPSA) is 54.0 Å². The molecule has 0 unspecified atom stereocenters. The Kier molecular flexibility index (Phi) is 12.8. The van der Waals surface area contributed by atoms with E-state index in [9.17, 15) is 4.79 Å². The lowest BCUT2D eigenvalue weighted by Crippen LogP contribution is -2.23. The van der Waals surface area contributed by atoms with Crippen LogP contribution in [0.15, 0.2) is 66.7 Å². The molecule has 0 aliphatic heterocycles. The molecule has 2 atom stereocenters. The Balaban J connectivity index is 1.74. The van der Waals surface area contributed by atoms with Gasteiger partial charge >= 0.3 is 5.97 Å². The van der Waals surface area contributed by atoms with E-state index in [1.54, 1.807) is 7.11 Å². The van der Waals surface area contributed by atoms with Crippen LogP contribution in [0.1, 0.15) is 57.9 Å². The highest BCUT2D eigenvalue weighted by Crippen LogP contribution is 2.18. The Hall–Kier alpha value is -2.79. The van der Waals surface area contributed by atoms with Crippen molar-refractivity contribution < 1.29 is 23.7 Å². The van der Waals surface area contributed by atoms with Crippen molar-refractivity contribution in [3.05, 3.63) is 72.3 Å². The third-order valence-corrected chi connectivity index (χ3v) is 5.20. The van der Waals surface area contributed by atoms with Crippen LogP contribution < -0.4 is 9.47 Å². The Morgan fingerprint density at radius 3 is 2.39 bits per heavy atom. The number of hydrogen-bond acceptors (Lipinski definition) is 5. The first-order valence-corrected chi connectivity index (χ1v) is 11.9. The summed E-state index contributed by atoms with van der Waals surface area (Å²) < 4.78 is 22.6. The van der Waals surface area contributed by atoms with Gasteiger partial charge in [0.1, 0.15) is 17.6 Å². The van der Waals surface area contributed by atoms with E-state index in [0.717, 1.165) is 49.2 Å². The van der Waals surface area contributed by atoms with E-state index < -0.39 is 0 Å². The maximum Gasteiger partial charge on any atom is 0.303 e. The fourth-order valence-corrected chi connectivity index (χ4v) is 3.49. The molecule has 0 aromatic heterocycles. The molecule has 0 heterocycles. The molecule has 2 aromatic carbocycles. The zero-order valence-corrected chi connectivity index (χ0v) is 20.2. The Labute approximate surface area is 198 Å². The average Bonchev–Trinajstić information content (AvgIpc) is 2.82. The van der Waals surface area contributed by atoms with Gasteiger partial charge in [-0.25, -0.2) is 0 Å². The van der Waals surface area contributed by atoms with Crippen LogP contribution in [0.5, 0.6) is 11.5 Å². The molecular formula is C28H38O5. The summed E-state index contributed by atoms with van der Waals surface area (Å²) in [4.78, 5) is 11.6. The summed E-state index contributed by atoms with van der Waals surface area (Å²) >= 11 is 0. The largest absolute Gasteiger partial charge is 0.497 e. The van der Waals surface area contributed by atoms with Gasteiger partial charge in [-0.1, -0.05) is 49.8 Å². The van der Waals surface area contributed by atoms with Crippen LogP contribution >= 0.6 is 0 Å². The number of carbonyl (C=O) groups is 1. The molecule has 0 saturated carbocycles. The van der Waals surface area contributed by atoms with E-state index in [1.807, 2.05) is 48.5 Å². The molecule has 2 aromatic rings. The fourth-order valence-electron chi connectivity index (χ4n) is 3.49. The highest BCUT2D eigenvalue weighted by molar-refractivity contribution is 5.66. The lowest BCUT2D eigenvalue weighted by atomic mass is 10.1. The minimum atomic E-state index is -0.273. The van der Waals surface area contributed by atoms with E-state index in [4.69, 9.17) is 18.9 Å². The summed E-state index contributed by atoms with van der Waals surface area (Å²) in [5.74, 6) is 1.40. The molecule has 0 saturated heterocycles. The summed E-state index contributed by atoms with van der Waals surface area (Å²) in [5.41, 5.74) is 1.15. The number of unbranched alkanes of at least 4 members (excludes halogenated alkanes) is 2. The number of ether oxygens (including phenoxy) is 4. The maximum atomic E-state index is 11.6. The van der Waals surface area contributed by atoms with Gasteiger partial charge in [0.2, 0.25) is 0 Å². The van der Waals surface area contributed by atoms with Crippen molar-refractivity contribution in [3.8, 4) is 11.5 Å². The van der Waals surface area contributed by atoms with E-state index >= 15 is 0 Å². The molecule has 0 spiro atoms. The minimum absolute atomic E-state index is 0.0436. The molecule has 0 N–H and O–H groups in total. The molecule has 0 aliphatic rings. The van der Waals surface area contributed by atoms with Gasteiger partial charge in [0, 0.05) is 13.3 Å². The van der Waals surface area contributed by atoms with Crippen LogP contribution in [0.3, 0.4) is 0 Å². The Morgan fingerprint density at radius 1 is 1.00 bits per heavy atom. The lowest BCUT2D eigenvalue weighted by Gasteiger charge is -2.22. The summed E-state index contributed by atoms with van der Waals surface area (Å²) in [5, 5.41) is 0. The Bertz CT molecular complexity index is 801. The van der Waals surface area contributed by atoms with Gasteiger partial charge < -0.3 is 18.9 Å². The zero-order chi connectivity index (χ0) is 23.7. The highest BCUT2D eigenvalue weighted by atomic mass is 16.5. The third kappa shape index (κ3) is 11.6. The van der Waals surface area contributed by atoms with Crippen molar-refractivity contribution in [1.29, 1.82) is 0 Å². The van der Waals surface area contributed by atoms with Crippen LogP contribution in [0.25, 0.3) is 0 Å². The van der Waals surface area contributed by atoms with Gasteiger partial charge in [0.05, 0.1) is 26.4 Å². The van der Waals surface area contributed by atoms with Crippen molar-refractivity contribution in [2.45, 2.75) is 71.2 Å². The first kappa shape index (κ1) is 26.5. The van der Waals surface area contributed by atoms with E-state index in [2.05, 4.69) is 25.1 Å². The molecule has 5 nitrogen and oxygen atoms in total. The Morgan fingerprint density at radius 2 is 1.73 bits per heavy atom. The molecule has 0 amide bonds. The van der Waals surface area contributed by atoms with Crippen LogP contribution in [0.2, 0.25) is 0 Å². The van der Waals surface area contributed by atoms with Gasteiger partial charge in [-0.2, -0.15) is 0 Å². The van der Waals surface area contributed by atoms with Crippen LogP contribution in [-0.4, -0.2) is 31.9 Å². The van der Waals surface area contributed by atoms with Crippen LogP contribution in [0, 0.1) is 0 Å². The normalized spacial score (nSPS) is 12.9. The van der Waals surface area contributed by atoms with Gasteiger partial charge in [-0.3, -0.25) is 4.79 Å². The number of rotatable bonds is 16. The molecule has 180 valence electrons. The maximum absolute atomic E-state index is 11.6. The molecule has 0 radical (unpaired) electrons. The molecule has 0 bridgehead atoms. The van der Waals surface area contributed by atoms with Crippen molar-refractivity contribution >= 4 is 5.97 Å². The smallest absolute Gasteiger partial charge is 0.303 e. The monoisotopic (exact) mass is 454 g/mol. The van der Waals surface area contributed by atoms with Gasteiger partial charge in [-0.05, 0) is 61.6 Å². The standard InChI is InChI=1S/C28H38O5/c1-4-12-27(32-22-24-13-8-7-9-14-24)21-28(33-23(2)29)15-10-5-6-11-20-31-26-18-16-25(30-3)17-19-26/h7-10,13-19,27-28H,4-6,11-12,20-22H2,1-3H3/b15-10+/t27-,28+/m1/s1. The quantitative estimate of drug-likeness (QED) is 0.164. The van der Waals surface area contributed by atoms with E-state index in [0.29, 0.717) is 19.6 Å². The van der Waals surface area contributed by atoms with Crippen molar-refractivity contribution in [2.24, 2.45) is 0 Å². The fraction of sp³-hybridized carbons (Fsp3) is 0.464.